The number of hydrogen-bond donors (Lipinski definition) is 2. The van der Waals surface area contributed by atoms with Crippen LogP contribution in [0.4, 0.5) is 0 Å². The lowest BCUT2D eigenvalue weighted by molar-refractivity contribution is 0.0949. The standard InChI is InChI=1S/C16H21NO2/c1-12(2)11-17-16(19)15-8-7-13(3)14(10-15)6-4-5-9-18/h7-8,10,12,18H,5,9,11H2,1-3H3,(H,17,19). The largest absolute Gasteiger partial charge is 0.395 e. The second-order valence-corrected chi connectivity index (χ2v) is 4.91. The summed E-state index contributed by atoms with van der Waals surface area (Å²) in [5.41, 5.74) is 2.50. The number of aryl methyl sites for hydroxylation is 1. The summed E-state index contributed by atoms with van der Waals surface area (Å²) < 4.78 is 0. The number of rotatable bonds is 4. The Morgan fingerprint density at radius 3 is 2.79 bits per heavy atom. The first-order chi connectivity index (χ1) is 9.04. The van der Waals surface area contributed by atoms with Crippen molar-refractivity contribution in [3.05, 3.63) is 34.9 Å². The Morgan fingerprint density at radius 1 is 1.42 bits per heavy atom. The Bertz CT molecular complexity index is 495. The van der Waals surface area contributed by atoms with Gasteiger partial charge in [-0.05, 0) is 30.5 Å². The van der Waals surface area contributed by atoms with E-state index in [1.54, 1.807) is 6.07 Å². The van der Waals surface area contributed by atoms with Gasteiger partial charge in [-0.25, -0.2) is 0 Å². The van der Waals surface area contributed by atoms with Gasteiger partial charge in [-0.2, -0.15) is 0 Å². The topological polar surface area (TPSA) is 49.3 Å². The van der Waals surface area contributed by atoms with Crippen LogP contribution in [0.5, 0.6) is 0 Å². The molecule has 0 bridgehead atoms. The molecule has 0 unspecified atom stereocenters. The van der Waals surface area contributed by atoms with Crippen LogP contribution in [0.15, 0.2) is 18.2 Å². The van der Waals surface area contributed by atoms with Gasteiger partial charge in [-0.15, -0.1) is 0 Å². The molecule has 2 N–H and O–H groups in total. The number of hydrogen-bond acceptors (Lipinski definition) is 2. The Kier molecular flexibility index (Phi) is 6.11. The van der Waals surface area contributed by atoms with Crippen LogP contribution in [-0.4, -0.2) is 24.2 Å². The molecule has 0 aromatic heterocycles. The lowest BCUT2D eigenvalue weighted by atomic mass is 10.0. The maximum atomic E-state index is 11.9. The average Bonchev–Trinajstić information content (AvgIpc) is 2.38. The molecule has 1 aromatic rings. The second kappa shape index (κ2) is 7.60. The Labute approximate surface area is 115 Å². The summed E-state index contributed by atoms with van der Waals surface area (Å²) in [5, 5.41) is 11.6. The lowest BCUT2D eigenvalue weighted by Crippen LogP contribution is -2.27. The number of aliphatic hydroxyl groups is 1. The van der Waals surface area contributed by atoms with Crippen molar-refractivity contribution in [1.82, 2.24) is 5.32 Å². The number of benzene rings is 1. The highest BCUT2D eigenvalue weighted by atomic mass is 16.2. The maximum Gasteiger partial charge on any atom is 0.251 e. The van der Waals surface area contributed by atoms with Crippen molar-refractivity contribution in [2.24, 2.45) is 5.92 Å². The van der Waals surface area contributed by atoms with Gasteiger partial charge in [0.1, 0.15) is 0 Å². The molecule has 0 heterocycles. The fraction of sp³-hybridized carbons (Fsp3) is 0.438. The SMILES string of the molecule is Cc1ccc(C(=O)NCC(C)C)cc1C#CCCO. The minimum absolute atomic E-state index is 0.0562. The summed E-state index contributed by atoms with van der Waals surface area (Å²) in [7, 11) is 0. The molecule has 0 fully saturated rings. The highest BCUT2D eigenvalue weighted by Crippen LogP contribution is 2.10. The first-order valence-electron chi connectivity index (χ1n) is 6.53. The number of aliphatic hydroxyl groups excluding tert-OH is 1. The molecule has 1 amide bonds. The minimum atomic E-state index is -0.0705. The van der Waals surface area contributed by atoms with Crippen LogP contribution >= 0.6 is 0 Å². The fourth-order valence-electron chi connectivity index (χ4n) is 1.51. The normalized spacial score (nSPS) is 9.95. The zero-order valence-corrected chi connectivity index (χ0v) is 11.8. The van der Waals surface area contributed by atoms with Crippen molar-refractivity contribution < 1.29 is 9.90 Å². The van der Waals surface area contributed by atoms with Crippen LogP contribution in [-0.2, 0) is 0 Å². The van der Waals surface area contributed by atoms with E-state index >= 15 is 0 Å². The van der Waals surface area contributed by atoms with Gasteiger partial charge in [-0.3, -0.25) is 4.79 Å². The zero-order valence-electron chi connectivity index (χ0n) is 11.8. The van der Waals surface area contributed by atoms with E-state index in [1.807, 2.05) is 19.1 Å². The van der Waals surface area contributed by atoms with Crippen LogP contribution < -0.4 is 5.32 Å². The summed E-state index contributed by atoms with van der Waals surface area (Å²) >= 11 is 0. The molecular formula is C16H21NO2. The molecule has 1 rings (SSSR count). The summed E-state index contributed by atoms with van der Waals surface area (Å²) in [4.78, 5) is 11.9. The molecule has 0 atom stereocenters. The van der Waals surface area contributed by atoms with E-state index in [1.165, 1.54) is 0 Å². The molecule has 0 saturated carbocycles. The smallest absolute Gasteiger partial charge is 0.251 e. The third kappa shape index (κ3) is 5.15. The van der Waals surface area contributed by atoms with Crippen LogP contribution in [0.2, 0.25) is 0 Å². The van der Waals surface area contributed by atoms with Crippen LogP contribution in [0.3, 0.4) is 0 Å². The van der Waals surface area contributed by atoms with Crippen molar-refractivity contribution in [2.75, 3.05) is 13.2 Å². The van der Waals surface area contributed by atoms with E-state index in [4.69, 9.17) is 5.11 Å². The highest BCUT2D eigenvalue weighted by Gasteiger charge is 2.07. The van der Waals surface area contributed by atoms with Crippen molar-refractivity contribution in [3.8, 4) is 11.8 Å². The molecule has 1 aromatic carbocycles. The van der Waals surface area contributed by atoms with Crippen molar-refractivity contribution in [3.63, 3.8) is 0 Å². The summed E-state index contributed by atoms with van der Waals surface area (Å²) in [6.07, 6.45) is 0.448. The quantitative estimate of drug-likeness (QED) is 0.814. The molecule has 0 spiro atoms. The molecule has 19 heavy (non-hydrogen) atoms. The van der Waals surface area contributed by atoms with Gasteiger partial charge in [0.2, 0.25) is 0 Å². The van der Waals surface area contributed by atoms with E-state index in [2.05, 4.69) is 31.0 Å². The predicted octanol–water partition coefficient (Wildman–Crippen LogP) is 2.11. The monoisotopic (exact) mass is 259 g/mol. The third-order valence-corrected chi connectivity index (χ3v) is 2.63. The Hall–Kier alpha value is -1.79. The van der Waals surface area contributed by atoms with Crippen LogP contribution in [0.25, 0.3) is 0 Å². The van der Waals surface area contributed by atoms with E-state index in [9.17, 15) is 4.79 Å². The van der Waals surface area contributed by atoms with E-state index in [0.29, 0.717) is 24.4 Å². The Morgan fingerprint density at radius 2 is 2.16 bits per heavy atom. The predicted molar refractivity (Wildman–Crippen MR) is 76.9 cm³/mol. The summed E-state index contributed by atoms with van der Waals surface area (Å²) in [5.74, 6) is 6.22. The van der Waals surface area contributed by atoms with Gasteiger partial charge in [0, 0.05) is 24.1 Å². The molecule has 0 radical (unpaired) electrons. The second-order valence-electron chi connectivity index (χ2n) is 4.91. The van der Waals surface area contributed by atoms with Gasteiger partial charge in [-0.1, -0.05) is 31.8 Å². The van der Waals surface area contributed by atoms with Gasteiger partial charge < -0.3 is 10.4 Å². The molecular weight excluding hydrogens is 238 g/mol. The molecule has 102 valence electrons. The molecule has 0 saturated heterocycles. The number of amides is 1. The zero-order chi connectivity index (χ0) is 14.3. The molecule has 0 aliphatic heterocycles. The lowest BCUT2D eigenvalue weighted by Gasteiger charge is -2.08. The van der Waals surface area contributed by atoms with E-state index < -0.39 is 0 Å². The third-order valence-electron chi connectivity index (χ3n) is 2.63. The molecule has 3 nitrogen and oxygen atoms in total. The fourth-order valence-corrected chi connectivity index (χ4v) is 1.51. The van der Waals surface area contributed by atoms with Crippen molar-refractivity contribution in [1.29, 1.82) is 0 Å². The average molecular weight is 259 g/mol. The first-order valence-corrected chi connectivity index (χ1v) is 6.53. The molecule has 3 heteroatoms. The van der Waals surface area contributed by atoms with Gasteiger partial charge in [0.15, 0.2) is 0 Å². The van der Waals surface area contributed by atoms with Gasteiger partial charge >= 0.3 is 0 Å². The first kappa shape index (κ1) is 15.3. The highest BCUT2D eigenvalue weighted by molar-refractivity contribution is 5.94. The van der Waals surface area contributed by atoms with Gasteiger partial charge in [0.25, 0.3) is 5.91 Å². The summed E-state index contributed by atoms with van der Waals surface area (Å²) in [6.45, 7) is 6.79. The van der Waals surface area contributed by atoms with Gasteiger partial charge in [0.05, 0.1) is 6.61 Å². The number of nitrogens with one attached hydrogen (secondary N) is 1. The van der Waals surface area contributed by atoms with Crippen molar-refractivity contribution >= 4 is 5.91 Å². The van der Waals surface area contributed by atoms with E-state index in [0.717, 1.165) is 11.1 Å². The number of carbonyl (C=O) groups excluding carboxylic acids is 1. The minimum Gasteiger partial charge on any atom is -0.395 e. The van der Waals surface area contributed by atoms with Crippen LogP contribution in [0.1, 0.15) is 41.8 Å². The number of carbonyl (C=O) groups is 1. The summed E-state index contributed by atoms with van der Waals surface area (Å²) in [6, 6.07) is 5.50. The van der Waals surface area contributed by atoms with E-state index in [-0.39, 0.29) is 12.5 Å². The Balaban J connectivity index is 2.84. The van der Waals surface area contributed by atoms with Crippen molar-refractivity contribution in [2.45, 2.75) is 27.2 Å². The van der Waals surface area contributed by atoms with Crippen LogP contribution in [0, 0.1) is 24.7 Å². The maximum absolute atomic E-state index is 11.9. The molecule has 0 aliphatic carbocycles. The molecule has 0 aliphatic rings.